The first-order chi connectivity index (χ1) is 15.1. The number of rotatable bonds is 5. The van der Waals surface area contributed by atoms with Crippen LogP contribution in [0.15, 0.2) is 35.4 Å². The molecule has 0 unspecified atom stereocenters. The highest BCUT2D eigenvalue weighted by atomic mass is 16.6. The van der Waals surface area contributed by atoms with Gasteiger partial charge in [0.1, 0.15) is 17.1 Å². The largest absolute Gasteiger partial charge is 0.507 e. The topological polar surface area (TPSA) is 108 Å². The average Bonchev–Trinajstić information content (AvgIpc) is 2.71. The summed E-state index contributed by atoms with van der Waals surface area (Å²) in [7, 11) is 1.45. The highest BCUT2D eigenvalue weighted by molar-refractivity contribution is 6.05. The molecular weight excluding hydrogens is 416 g/mol. The van der Waals surface area contributed by atoms with E-state index in [0.29, 0.717) is 23.3 Å². The zero-order valence-corrected chi connectivity index (χ0v) is 18.9. The zero-order chi connectivity index (χ0) is 23.6. The van der Waals surface area contributed by atoms with Gasteiger partial charge in [-0.25, -0.2) is 4.79 Å². The molecule has 0 spiro atoms. The van der Waals surface area contributed by atoms with Gasteiger partial charge < -0.3 is 24.1 Å². The highest BCUT2D eigenvalue weighted by Gasteiger charge is 2.53. The maximum absolute atomic E-state index is 13.3. The van der Waals surface area contributed by atoms with Gasteiger partial charge in [-0.3, -0.25) is 9.59 Å². The summed E-state index contributed by atoms with van der Waals surface area (Å²) in [4.78, 5) is 38.2. The first-order valence-electron chi connectivity index (χ1n) is 10.4. The van der Waals surface area contributed by atoms with Crippen LogP contribution in [-0.2, 0) is 23.8 Å². The van der Waals surface area contributed by atoms with Crippen molar-refractivity contribution in [3.63, 3.8) is 0 Å². The van der Waals surface area contributed by atoms with Crippen LogP contribution in [0, 0.1) is 6.92 Å². The maximum atomic E-state index is 13.3. The second-order valence-corrected chi connectivity index (χ2v) is 8.13. The van der Waals surface area contributed by atoms with E-state index in [-0.39, 0.29) is 30.4 Å². The predicted octanol–water partition coefficient (Wildman–Crippen LogP) is 3.19. The van der Waals surface area contributed by atoms with Crippen LogP contribution in [0.3, 0.4) is 0 Å². The molecule has 3 rings (SSSR count). The van der Waals surface area contributed by atoms with Crippen molar-refractivity contribution in [3.8, 4) is 11.5 Å². The monoisotopic (exact) mass is 444 g/mol. The smallest absolute Gasteiger partial charge is 0.342 e. The van der Waals surface area contributed by atoms with E-state index in [1.165, 1.54) is 27.0 Å². The molecule has 1 aromatic rings. The molecule has 0 bridgehead atoms. The molecule has 0 radical (unpaired) electrons. The summed E-state index contributed by atoms with van der Waals surface area (Å²) in [6, 6.07) is 2.90. The summed E-state index contributed by atoms with van der Waals surface area (Å²) >= 11 is 0. The van der Waals surface area contributed by atoms with Gasteiger partial charge in [-0.05, 0) is 38.8 Å². The second kappa shape index (κ2) is 9.16. The summed E-state index contributed by atoms with van der Waals surface area (Å²) < 4.78 is 22.0. The molecule has 1 aliphatic carbocycles. The fraction of sp³-hybridized carbons (Fsp3) is 0.458. The van der Waals surface area contributed by atoms with Crippen molar-refractivity contribution in [1.29, 1.82) is 0 Å². The van der Waals surface area contributed by atoms with Crippen LogP contribution in [0.5, 0.6) is 11.5 Å². The molecule has 0 fully saturated rings. The summed E-state index contributed by atoms with van der Waals surface area (Å²) in [6.45, 7) is 6.25. The molecule has 172 valence electrons. The van der Waals surface area contributed by atoms with Gasteiger partial charge in [0.15, 0.2) is 6.10 Å². The van der Waals surface area contributed by atoms with Gasteiger partial charge in [0.25, 0.3) is 0 Å². The summed E-state index contributed by atoms with van der Waals surface area (Å²) in [5, 5.41) is 10.3. The number of esters is 2. The molecule has 1 N–H and O–H groups in total. The van der Waals surface area contributed by atoms with E-state index in [0.717, 1.165) is 5.57 Å². The van der Waals surface area contributed by atoms with E-state index < -0.39 is 29.4 Å². The van der Waals surface area contributed by atoms with Crippen LogP contribution in [0.2, 0.25) is 0 Å². The molecule has 1 aliphatic heterocycles. The molecule has 32 heavy (non-hydrogen) atoms. The van der Waals surface area contributed by atoms with Gasteiger partial charge in [0, 0.05) is 25.0 Å². The summed E-state index contributed by atoms with van der Waals surface area (Å²) in [6.07, 6.45) is 3.21. The molecule has 1 heterocycles. The minimum Gasteiger partial charge on any atom is -0.507 e. The number of ether oxygens (including phenoxy) is 4. The van der Waals surface area contributed by atoms with Crippen LogP contribution in [0.1, 0.15) is 49.5 Å². The lowest BCUT2D eigenvalue weighted by atomic mass is 9.75. The number of methoxy groups -OCH3 is 1. The van der Waals surface area contributed by atoms with Crippen molar-refractivity contribution in [2.75, 3.05) is 13.7 Å². The fourth-order valence-corrected chi connectivity index (χ4v) is 4.23. The number of allylic oxidation sites excluding steroid dienone is 1. The molecular formula is C24H28O8. The lowest BCUT2D eigenvalue weighted by Crippen LogP contribution is -2.56. The summed E-state index contributed by atoms with van der Waals surface area (Å²) in [5.41, 5.74) is -0.0374. The number of hydrogen-bond acceptors (Lipinski definition) is 8. The lowest BCUT2D eigenvalue weighted by Gasteiger charge is -2.42. The average molecular weight is 444 g/mol. The van der Waals surface area contributed by atoms with Gasteiger partial charge in [0.05, 0.1) is 19.8 Å². The van der Waals surface area contributed by atoms with Crippen LogP contribution in [0.4, 0.5) is 0 Å². The molecule has 3 atom stereocenters. The van der Waals surface area contributed by atoms with Crippen molar-refractivity contribution < 1.29 is 38.4 Å². The number of aryl methyl sites for hydroxylation is 1. The minimum absolute atomic E-state index is 0.0398. The van der Waals surface area contributed by atoms with E-state index in [1.807, 2.05) is 19.1 Å². The van der Waals surface area contributed by atoms with E-state index in [1.54, 1.807) is 13.0 Å². The van der Waals surface area contributed by atoms with Crippen LogP contribution >= 0.6 is 0 Å². The summed E-state index contributed by atoms with van der Waals surface area (Å²) in [5.74, 6) is -1.84. The Morgan fingerprint density at radius 1 is 1.28 bits per heavy atom. The van der Waals surface area contributed by atoms with E-state index in [4.69, 9.17) is 18.9 Å². The standard InChI is InChI=1S/C24H28O8/c1-6-7-16-9-15-10-20(24(4,32-14(3)25)22(27)18(15)12-30-16)31-23(28)21-13(2)8-17(29-5)11-19(21)26/h6-8,11,16,20,26H,9-10,12H2,1-5H3/t16-,20+,24-/m0/s1. The van der Waals surface area contributed by atoms with Crippen molar-refractivity contribution in [2.45, 2.75) is 58.3 Å². The van der Waals surface area contributed by atoms with Gasteiger partial charge >= 0.3 is 11.9 Å². The van der Waals surface area contributed by atoms with Gasteiger partial charge in [-0.15, -0.1) is 0 Å². The van der Waals surface area contributed by atoms with Crippen molar-refractivity contribution in [2.24, 2.45) is 0 Å². The molecule has 0 amide bonds. The Kier molecular flexibility index (Phi) is 6.74. The van der Waals surface area contributed by atoms with Crippen LogP contribution in [0.25, 0.3) is 0 Å². The zero-order valence-electron chi connectivity index (χ0n) is 18.9. The number of carbonyl (C=O) groups is 3. The third-order valence-electron chi connectivity index (χ3n) is 5.83. The normalized spacial score (nSPS) is 25.5. The Balaban J connectivity index is 1.96. The number of phenols is 1. The molecule has 0 aromatic heterocycles. The number of benzene rings is 1. The third kappa shape index (κ3) is 4.41. The molecule has 1 aromatic carbocycles. The first kappa shape index (κ1) is 23.5. The van der Waals surface area contributed by atoms with E-state index in [9.17, 15) is 19.5 Å². The van der Waals surface area contributed by atoms with Crippen molar-refractivity contribution in [3.05, 3.63) is 46.6 Å². The first-order valence-corrected chi connectivity index (χ1v) is 10.4. The number of aromatic hydroxyl groups is 1. The highest BCUT2D eigenvalue weighted by Crippen LogP contribution is 2.40. The van der Waals surface area contributed by atoms with Crippen LogP contribution in [-0.4, -0.2) is 54.4 Å². The number of ketones is 1. The van der Waals surface area contributed by atoms with Gasteiger partial charge in [-0.1, -0.05) is 17.7 Å². The molecule has 8 nitrogen and oxygen atoms in total. The minimum atomic E-state index is -1.70. The number of Topliss-reactive ketones (excluding diaryl/α,β-unsaturated/α-hetero) is 1. The molecule has 0 saturated heterocycles. The van der Waals surface area contributed by atoms with Gasteiger partial charge in [0.2, 0.25) is 11.4 Å². The Hall–Kier alpha value is -3.13. The molecule has 8 heteroatoms. The lowest BCUT2D eigenvalue weighted by molar-refractivity contribution is -0.176. The number of hydrogen-bond donors (Lipinski definition) is 1. The Labute approximate surface area is 186 Å². The second-order valence-electron chi connectivity index (χ2n) is 8.13. The van der Waals surface area contributed by atoms with Crippen LogP contribution < -0.4 is 4.74 Å². The molecule has 2 aliphatic rings. The Morgan fingerprint density at radius 3 is 2.59 bits per heavy atom. The fourth-order valence-electron chi connectivity index (χ4n) is 4.23. The number of phenolic OH excluding ortho intramolecular Hbond substituents is 1. The third-order valence-corrected chi connectivity index (χ3v) is 5.83. The predicted molar refractivity (Wildman–Crippen MR) is 115 cm³/mol. The molecule has 0 saturated carbocycles. The Morgan fingerprint density at radius 2 is 2.00 bits per heavy atom. The quantitative estimate of drug-likeness (QED) is 0.545. The van der Waals surface area contributed by atoms with E-state index >= 15 is 0 Å². The van der Waals surface area contributed by atoms with Crippen molar-refractivity contribution in [1.82, 2.24) is 0 Å². The van der Waals surface area contributed by atoms with E-state index in [2.05, 4.69) is 0 Å². The maximum Gasteiger partial charge on any atom is 0.342 e. The SMILES string of the molecule is CC=C[C@H]1CC2=C(CO1)C(=O)[C@@](C)(OC(C)=O)[C@H](OC(=O)c1c(C)cc(OC)cc1O)C2. The number of carbonyl (C=O) groups excluding carboxylic acids is 3. The van der Waals surface area contributed by atoms with Crippen molar-refractivity contribution >= 4 is 17.7 Å². The van der Waals surface area contributed by atoms with Gasteiger partial charge in [-0.2, -0.15) is 0 Å². The Bertz CT molecular complexity index is 982.